The van der Waals surface area contributed by atoms with Crippen molar-refractivity contribution >= 4 is 6.29 Å². The number of rotatable bonds is 7. The van der Waals surface area contributed by atoms with Crippen LogP contribution < -0.4 is 0 Å². The third kappa shape index (κ3) is 6.45. The molecule has 0 bridgehead atoms. The Hall–Kier alpha value is -0.630. The van der Waals surface area contributed by atoms with Gasteiger partial charge in [0.2, 0.25) is 0 Å². The normalized spacial score (nSPS) is 16.5. The maximum atomic E-state index is 10.2. The van der Waals surface area contributed by atoms with Gasteiger partial charge in [0.1, 0.15) is 6.29 Å². The summed E-state index contributed by atoms with van der Waals surface area (Å²) in [4.78, 5) is 10.2. The average Bonchev–Trinajstić information content (AvgIpc) is 2.14. The third-order valence-corrected chi connectivity index (χ3v) is 3.04. The summed E-state index contributed by atoms with van der Waals surface area (Å²) in [6, 6.07) is 0. The van der Waals surface area contributed by atoms with Gasteiger partial charge in [-0.05, 0) is 39.0 Å². The Labute approximate surface area is 93.4 Å². The Morgan fingerprint density at radius 3 is 2.47 bits per heavy atom. The van der Waals surface area contributed by atoms with E-state index in [-0.39, 0.29) is 5.92 Å². The lowest BCUT2D eigenvalue weighted by Crippen LogP contribution is -2.30. The van der Waals surface area contributed by atoms with Gasteiger partial charge in [0.05, 0.1) is 5.60 Å². The molecule has 2 nitrogen and oxygen atoms in total. The van der Waals surface area contributed by atoms with E-state index in [1.165, 1.54) is 5.57 Å². The molecule has 0 aliphatic heterocycles. The van der Waals surface area contributed by atoms with Gasteiger partial charge in [0, 0.05) is 6.42 Å². The van der Waals surface area contributed by atoms with Crippen molar-refractivity contribution in [3.63, 3.8) is 0 Å². The minimum atomic E-state index is -0.582. The summed E-state index contributed by atoms with van der Waals surface area (Å²) in [5.74, 6) is 0.279. The second kappa shape index (κ2) is 6.78. The molecule has 0 fully saturated rings. The minimum absolute atomic E-state index is 0.279. The number of aldehydes is 1. The van der Waals surface area contributed by atoms with Gasteiger partial charge in [-0.25, -0.2) is 0 Å². The van der Waals surface area contributed by atoms with E-state index in [1.54, 1.807) is 0 Å². The molecule has 0 aromatic heterocycles. The molecule has 2 heteroatoms. The highest BCUT2D eigenvalue weighted by atomic mass is 16.3. The summed E-state index contributed by atoms with van der Waals surface area (Å²) >= 11 is 0. The fourth-order valence-corrected chi connectivity index (χ4v) is 1.29. The standard InChI is InChI=1S/C13H24O2/c1-11(2)13(4,15)9-5-7-12(3)8-6-10-14/h7,10-11,15H,5-6,8-9H2,1-4H3. The Morgan fingerprint density at radius 1 is 1.40 bits per heavy atom. The van der Waals surface area contributed by atoms with E-state index in [9.17, 15) is 9.90 Å². The SMILES string of the molecule is CC(=CCCC(C)(O)C(C)C)CCC=O. The van der Waals surface area contributed by atoms with Crippen molar-refractivity contribution in [3.8, 4) is 0 Å². The molecule has 88 valence electrons. The Balaban J connectivity index is 3.90. The van der Waals surface area contributed by atoms with Crippen molar-refractivity contribution in [2.45, 2.75) is 59.0 Å². The second-order valence-corrected chi connectivity index (χ2v) is 4.81. The number of allylic oxidation sites excluding steroid dienone is 2. The smallest absolute Gasteiger partial charge is 0.120 e. The third-order valence-electron chi connectivity index (χ3n) is 3.04. The monoisotopic (exact) mass is 212 g/mol. The van der Waals surface area contributed by atoms with E-state index in [4.69, 9.17) is 0 Å². The first-order valence-electron chi connectivity index (χ1n) is 5.71. The maximum Gasteiger partial charge on any atom is 0.120 e. The molecule has 1 atom stereocenters. The molecule has 0 aliphatic rings. The number of aliphatic hydroxyl groups is 1. The van der Waals surface area contributed by atoms with E-state index in [1.807, 2.05) is 27.7 Å². The Kier molecular flexibility index (Phi) is 6.50. The summed E-state index contributed by atoms with van der Waals surface area (Å²) in [6.07, 6.45) is 6.18. The van der Waals surface area contributed by atoms with E-state index < -0.39 is 5.60 Å². The van der Waals surface area contributed by atoms with Crippen LogP contribution in [-0.2, 0) is 4.79 Å². The lowest BCUT2D eigenvalue weighted by molar-refractivity contribution is -0.107. The summed E-state index contributed by atoms with van der Waals surface area (Å²) in [5.41, 5.74) is 0.656. The number of carbonyl (C=O) groups is 1. The maximum absolute atomic E-state index is 10.2. The van der Waals surface area contributed by atoms with Crippen molar-refractivity contribution in [2.24, 2.45) is 5.92 Å². The molecule has 0 spiro atoms. The van der Waals surface area contributed by atoms with E-state index in [0.717, 1.165) is 25.5 Å². The molecule has 0 aromatic carbocycles. The van der Waals surface area contributed by atoms with E-state index in [0.29, 0.717) is 6.42 Å². The highest BCUT2D eigenvalue weighted by molar-refractivity contribution is 5.49. The van der Waals surface area contributed by atoms with Crippen molar-refractivity contribution in [3.05, 3.63) is 11.6 Å². The number of hydrogen-bond acceptors (Lipinski definition) is 2. The van der Waals surface area contributed by atoms with Gasteiger partial charge in [0.25, 0.3) is 0 Å². The zero-order chi connectivity index (χ0) is 11.9. The topological polar surface area (TPSA) is 37.3 Å². The van der Waals surface area contributed by atoms with E-state index in [2.05, 4.69) is 6.08 Å². The predicted molar refractivity (Wildman–Crippen MR) is 63.8 cm³/mol. The van der Waals surface area contributed by atoms with E-state index >= 15 is 0 Å². The van der Waals surface area contributed by atoms with Gasteiger partial charge in [-0.2, -0.15) is 0 Å². The van der Waals surface area contributed by atoms with Gasteiger partial charge < -0.3 is 9.90 Å². The predicted octanol–water partition coefficient (Wildman–Crippen LogP) is 3.10. The lowest BCUT2D eigenvalue weighted by Gasteiger charge is -2.27. The van der Waals surface area contributed by atoms with Crippen LogP contribution in [0.1, 0.15) is 53.4 Å². The summed E-state index contributed by atoms with van der Waals surface area (Å²) in [7, 11) is 0. The average molecular weight is 212 g/mol. The Bertz CT molecular complexity index is 215. The molecule has 0 amide bonds. The molecule has 0 saturated carbocycles. The van der Waals surface area contributed by atoms with Crippen LogP contribution in [-0.4, -0.2) is 17.0 Å². The molecule has 0 rings (SSSR count). The number of hydrogen-bond donors (Lipinski definition) is 1. The van der Waals surface area contributed by atoms with Crippen molar-refractivity contribution in [1.82, 2.24) is 0 Å². The number of carbonyl (C=O) groups excluding carboxylic acids is 1. The van der Waals surface area contributed by atoms with Crippen LogP contribution in [0.5, 0.6) is 0 Å². The van der Waals surface area contributed by atoms with Gasteiger partial charge >= 0.3 is 0 Å². The molecule has 1 unspecified atom stereocenters. The second-order valence-electron chi connectivity index (χ2n) is 4.81. The lowest BCUT2D eigenvalue weighted by atomic mass is 9.87. The fourth-order valence-electron chi connectivity index (χ4n) is 1.29. The first-order valence-corrected chi connectivity index (χ1v) is 5.71. The van der Waals surface area contributed by atoms with Gasteiger partial charge in [-0.3, -0.25) is 0 Å². The van der Waals surface area contributed by atoms with Gasteiger partial charge in [0.15, 0.2) is 0 Å². The molecule has 0 saturated heterocycles. The minimum Gasteiger partial charge on any atom is -0.390 e. The van der Waals surface area contributed by atoms with Crippen LogP contribution in [0.2, 0.25) is 0 Å². The summed E-state index contributed by atoms with van der Waals surface area (Å²) in [6.45, 7) is 7.98. The zero-order valence-corrected chi connectivity index (χ0v) is 10.4. The Morgan fingerprint density at radius 2 is 2.00 bits per heavy atom. The molecule has 0 radical (unpaired) electrons. The van der Waals surface area contributed by atoms with Crippen LogP contribution in [0.15, 0.2) is 11.6 Å². The van der Waals surface area contributed by atoms with Crippen molar-refractivity contribution < 1.29 is 9.90 Å². The molecular weight excluding hydrogens is 188 g/mol. The molecule has 0 aromatic rings. The largest absolute Gasteiger partial charge is 0.390 e. The highest BCUT2D eigenvalue weighted by Crippen LogP contribution is 2.22. The molecular formula is C13H24O2. The zero-order valence-electron chi connectivity index (χ0n) is 10.4. The quantitative estimate of drug-likeness (QED) is 0.520. The van der Waals surface area contributed by atoms with Crippen LogP contribution >= 0.6 is 0 Å². The highest BCUT2D eigenvalue weighted by Gasteiger charge is 2.23. The first-order chi connectivity index (χ1) is 6.90. The van der Waals surface area contributed by atoms with Crippen molar-refractivity contribution in [1.29, 1.82) is 0 Å². The molecule has 1 N–H and O–H groups in total. The summed E-state index contributed by atoms with van der Waals surface area (Å²) < 4.78 is 0. The fraction of sp³-hybridized carbons (Fsp3) is 0.769. The summed E-state index contributed by atoms with van der Waals surface area (Å²) in [5, 5.41) is 10.00. The van der Waals surface area contributed by atoms with Gasteiger partial charge in [-0.1, -0.05) is 25.5 Å². The molecule has 15 heavy (non-hydrogen) atoms. The van der Waals surface area contributed by atoms with Crippen LogP contribution in [0, 0.1) is 5.92 Å². The van der Waals surface area contributed by atoms with Crippen LogP contribution in [0.4, 0.5) is 0 Å². The van der Waals surface area contributed by atoms with Gasteiger partial charge in [-0.15, -0.1) is 0 Å². The van der Waals surface area contributed by atoms with Crippen LogP contribution in [0.25, 0.3) is 0 Å². The van der Waals surface area contributed by atoms with Crippen LogP contribution in [0.3, 0.4) is 0 Å². The van der Waals surface area contributed by atoms with Crippen molar-refractivity contribution in [2.75, 3.05) is 0 Å². The molecule has 0 heterocycles. The molecule has 0 aliphatic carbocycles. The first kappa shape index (κ1) is 14.4.